The zero-order valence-corrected chi connectivity index (χ0v) is 8.82. The molecule has 1 saturated heterocycles. The van der Waals surface area contributed by atoms with Crippen LogP contribution in [-0.2, 0) is 4.79 Å². The fourth-order valence-corrected chi connectivity index (χ4v) is 1.95. The standard InChI is InChI=1S/C12H15NO2/c1-15-10-5-2-4-9(8-10)11-6-3-7-13-12(11)14/h2,4-5,8,11H,3,6-7H2,1H3,(H,13,14)/t11-/m0/s1. The summed E-state index contributed by atoms with van der Waals surface area (Å²) in [7, 11) is 1.64. The second kappa shape index (κ2) is 4.34. The summed E-state index contributed by atoms with van der Waals surface area (Å²) >= 11 is 0. The highest BCUT2D eigenvalue weighted by atomic mass is 16.5. The van der Waals surface area contributed by atoms with Crippen LogP contribution in [0.25, 0.3) is 0 Å². The molecular weight excluding hydrogens is 190 g/mol. The first-order chi connectivity index (χ1) is 7.31. The molecule has 0 radical (unpaired) electrons. The molecule has 0 saturated carbocycles. The molecule has 0 spiro atoms. The number of carbonyl (C=O) groups excluding carboxylic acids is 1. The lowest BCUT2D eigenvalue weighted by atomic mass is 9.91. The van der Waals surface area contributed by atoms with Crippen LogP contribution in [0.15, 0.2) is 24.3 Å². The van der Waals surface area contributed by atoms with Gasteiger partial charge in [0.2, 0.25) is 5.91 Å². The van der Waals surface area contributed by atoms with Gasteiger partial charge in [-0.2, -0.15) is 0 Å². The van der Waals surface area contributed by atoms with Gasteiger partial charge in [0.05, 0.1) is 13.0 Å². The number of benzene rings is 1. The van der Waals surface area contributed by atoms with Crippen molar-refractivity contribution in [3.63, 3.8) is 0 Å². The fourth-order valence-electron chi connectivity index (χ4n) is 1.95. The highest BCUT2D eigenvalue weighted by Crippen LogP contribution is 2.26. The minimum atomic E-state index is -0.00569. The van der Waals surface area contributed by atoms with Crippen LogP contribution in [0.2, 0.25) is 0 Å². The average Bonchev–Trinajstić information content (AvgIpc) is 2.30. The monoisotopic (exact) mass is 205 g/mol. The van der Waals surface area contributed by atoms with E-state index in [1.807, 2.05) is 24.3 Å². The van der Waals surface area contributed by atoms with E-state index in [4.69, 9.17) is 4.74 Å². The van der Waals surface area contributed by atoms with E-state index in [-0.39, 0.29) is 11.8 Å². The Morgan fingerprint density at radius 3 is 3.07 bits per heavy atom. The van der Waals surface area contributed by atoms with Gasteiger partial charge in [0.1, 0.15) is 5.75 Å². The Kier molecular flexibility index (Phi) is 2.90. The van der Waals surface area contributed by atoms with Crippen LogP contribution in [0.1, 0.15) is 24.3 Å². The van der Waals surface area contributed by atoms with Crippen molar-refractivity contribution in [2.24, 2.45) is 0 Å². The zero-order chi connectivity index (χ0) is 10.7. The number of methoxy groups -OCH3 is 1. The fraction of sp³-hybridized carbons (Fsp3) is 0.417. The third kappa shape index (κ3) is 2.12. The van der Waals surface area contributed by atoms with E-state index in [1.165, 1.54) is 0 Å². The van der Waals surface area contributed by atoms with Crippen LogP contribution >= 0.6 is 0 Å². The average molecular weight is 205 g/mol. The van der Waals surface area contributed by atoms with E-state index >= 15 is 0 Å². The molecule has 1 aromatic carbocycles. The van der Waals surface area contributed by atoms with E-state index < -0.39 is 0 Å². The minimum Gasteiger partial charge on any atom is -0.497 e. The Balaban J connectivity index is 2.23. The molecule has 1 aliphatic rings. The number of rotatable bonds is 2. The van der Waals surface area contributed by atoms with Crippen molar-refractivity contribution in [1.29, 1.82) is 0 Å². The largest absolute Gasteiger partial charge is 0.497 e. The summed E-state index contributed by atoms with van der Waals surface area (Å²) in [6, 6.07) is 7.74. The molecular formula is C12H15NO2. The van der Waals surface area contributed by atoms with Crippen molar-refractivity contribution in [3.8, 4) is 5.75 Å². The molecule has 3 heteroatoms. The molecule has 80 valence electrons. The van der Waals surface area contributed by atoms with Crippen molar-refractivity contribution >= 4 is 5.91 Å². The number of hydrogen-bond donors (Lipinski definition) is 1. The maximum Gasteiger partial charge on any atom is 0.227 e. The quantitative estimate of drug-likeness (QED) is 0.797. The lowest BCUT2D eigenvalue weighted by Crippen LogP contribution is -2.34. The van der Waals surface area contributed by atoms with E-state index in [2.05, 4.69) is 5.32 Å². The summed E-state index contributed by atoms with van der Waals surface area (Å²) in [6.07, 6.45) is 1.98. The van der Waals surface area contributed by atoms with Gasteiger partial charge in [0, 0.05) is 6.54 Å². The summed E-state index contributed by atoms with van der Waals surface area (Å²) in [5, 5.41) is 2.89. The van der Waals surface area contributed by atoms with Gasteiger partial charge in [-0.15, -0.1) is 0 Å². The summed E-state index contributed by atoms with van der Waals surface area (Å²) < 4.78 is 5.15. The third-order valence-corrected chi connectivity index (χ3v) is 2.78. The summed E-state index contributed by atoms with van der Waals surface area (Å²) in [6.45, 7) is 0.805. The molecule has 2 rings (SSSR count). The van der Waals surface area contributed by atoms with Crippen LogP contribution < -0.4 is 10.1 Å². The Morgan fingerprint density at radius 1 is 1.47 bits per heavy atom. The number of ether oxygens (including phenoxy) is 1. The van der Waals surface area contributed by atoms with Gasteiger partial charge < -0.3 is 10.1 Å². The number of carbonyl (C=O) groups is 1. The molecule has 3 nitrogen and oxygen atoms in total. The Labute approximate surface area is 89.4 Å². The Bertz CT molecular complexity index is 362. The van der Waals surface area contributed by atoms with Crippen LogP contribution in [0.3, 0.4) is 0 Å². The SMILES string of the molecule is COc1cccc([C@@H]2CCCNC2=O)c1. The lowest BCUT2D eigenvalue weighted by Gasteiger charge is -2.22. The van der Waals surface area contributed by atoms with Gasteiger partial charge >= 0.3 is 0 Å². The van der Waals surface area contributed by atoms with Gasteiger partial charge in [-0.3, -0.25) is 4.79 Å². The van der Waals surface area contributed by atoms with E-state index in [9.17, 15) is 4.79 Å². The van der Waals surface area contributed by atoms with E-state index in [0.717, 1.165) is 30.7 Å². The first-order valence-electron chi connectivity index (χ1n) is 5.23. The van der Waals surface area contributed by atoms with Crippen molar-refractivity contribution in [2.75, 3.05) is 13.7 Å². The first kappa shape index (κ1) is 10.0. The maximum absolute atomic E-state index is 11.6. The van der Waals surface area contributed by atoms with Gasteiger partial charge in [0.25, 0.3) is 0 Å². The lowest BCUT2D eigenvalue weighted by molar-refractivity contribution is -0.123. The normalized spacial score (nSPS) is 20.9. The van der Waals surface area contributed by atoms with Crippen LogP contribution in [0.4, 0.5) is 0 Å². The predicted octanol–water partition coefficient (Wildman–Crippen LogP) is 1.69. The van der Waals surface area contributed by atoms with Crippen molar-refractivity contribution in [3.05, 3.63) is 29.8 Å². The number of hydrogen-bond acceptors (Lipinski definition) is 2. The highest BCUT2D eigenvalue weighted by molar-refractivity contribution is 5.84. The van der Waals surface area contributed by atoms with Crippen LogP contribution in [0.5, 0.6) is 5.75 Å². The van der Waals surface area contributed by atoms with Crippen molar-refractivity contribution in [2.45, 2.75) is 18.8 Å². The first-order valence-corrected chi connectivity index (χ1v) is 5.23. The van der Waals surface area contributed by atoms with Gasteiger partial charge in [-0.05, 0) is 30.5 Å². The predicted molar refractivity (Wildman–Crippen MR) is 58.0 cm³/mol. The Morgan fingerprint density at radius 2 is 2.33 bits per heavy atom. The Hall–Kier alpha value is -1.51. The zero-order valence-electron chi connectivity index (χ0n) is 8.82. The van der Waals surface area contributed by atoms with Gasteiger partial charge in [0.15, 0.2) is 0 Å². The van der Waals surface area contributed by atoms with Gasteiger partial charge in [-0.25, -0.2) is 0 Å². The molecule has 1 aromatic rings. The molecule has 1 aliphatic heterocycles. The molecule has 15 heavy (non-hydrogen) atoms. The van der Waals surface area contributed by atoms with Gasteiger partial charge in [-0.1, -0.05) is 12.1 Å². The summed E-state index contributed by atoms with van der Waals surface area (Å²) in [4.78, 5) is 11.6. The number of amides is 1. The molecule has 1 amide bonds. The minimum absolute atomic E-state index is 0.00569. The molecule has 1 fully saturated rings. The van der Waals surface area contributed by atoms with Crippen molar-refractivity contribution < 1.29 is 9.53 Å². The van der Waals surface area contributed by atoms with Crippen molar-refractivity contribution in [1.82, 2.24) is 5.32 Å². The molecule has 0 unspecified atom stereocenters. The van der Waals surface area contributed by atoms with Crippen LogP contribution in [-0.4, -0.2) is 19.6 Å². The summed E-state index contributed by atoms with van der Waals surface area (Å²) in [5.41, 5.74) is 1.05. The topological polar surface area (TPSA) is 38.3 Å². The third-order valence-electron chi connectivity index (χ3n) is 2.78. The molecule has 0 bridgehead atoms. The molecule has 1 heterocycles. The summed E-state index contributed by atoms with van der Waals surface area (Å²) in [5.74, 6) is 0.939. The number of piperidine rings is 1. The van der Waals surface area contributed by atoms with E-state index in [1.54, 1.807) is 7.11 Å². The maximum atomic E-state index is 11.6. The smallest absolute Gasteiger partial charge is 0.227 e. The second-order valence-electron chi connectivity index (χ2n) is 3.76. The molecule has 1 N–H and O–H groups in total. The molecule has 0 aromatic heterocycles. The molecule has 1 atom stereocenters. The molecule has 0 aliphatic carbocycles. The second-order valence-corrected chi connectivity index (χ2v) is 3.76. The van der Waals surface area contributed by atoms with E-state index in [0.29, 0.717) is 0 Å². The number of nitrogens with one attached hydrogen (secondary N) is 1. The van der Waals surface area contributed by atoms with Crippen LogP contribution in [0, 0.1) is 0 Å². The highest BCUT2D eigenvalue weighted by Gasteiger charge is 2.23.